The van der Waals surface area contributed by atoms with Crippen molar-refractivity contribution in [2.24, 2.45) is 0 Å². The summed E-state index contributed by atoms with van der Waals surface area (Å²) in [5.74, 6) is 0.946. The molecular weight excluding hydrogens is 188 g/mol. The van der Waals surface area contributed by atoms with Crippen molar-refractivity contribution < 1.29 is 0 Å². The largest absolute Gasteiger partial charge is 0.367 e. The van der Waals surface area contributed by atoms with E-state index in [-0.39, 0.29) is 5.54 Å². The van der Waals surface area contributed by atoms with Gasteiger partial charge >= 0.3 is 0 Å². The Balaban J connectivity index is 2.33. The molecule has 0 aliphatic carbocycles. The Bertz CT molecular complexity index is 425. The molecular formula is C11H16N4. The molecule has 0 aliphatic rings. The van der Waals surface area contributed by atoms with Gasteiger partial charge in [-0.1, -0.05) is 0 Å². The highest BCUT2D eigenvalue weighted by molar-refractivity contribution is 5.57. The van der Waals surface area contributed by atoms with Crippen LogP contribution in [0.2, 0.25) is 0 Å². The predicted octanol–water partition coefficient (Wildman–Crippen LogP) is 1.86. The van der Waals surface area contributed by atoms with Gasteiger partial charge in [0.25, 0.3) is 0 Å². The number of rotatable bonds is 3. The molecule has 2 aromatic heterocycles. The summed E-state index contributed by atoms with van der Waals surface area (Å²) in [6.07, 6.45) is 5.71. The van der Waals surface area contributed by atoms with Crippen molar-refractivity contribution in [3.05, 3.63) is 30.5 Å². The number of imidazole rings is 1. The first-order valence-electron chi connectivity index (χ1n) is 5.01. The van der Waals surface area contributed by atoms with E-state index in [2.05, 4.69) is 34.1 Å². The smallest absolute Gasteiger partial charge is 0.126 e. The van der Waals surface area contributed by atoms with Crippen molar-refractivity contribution in [1.82, 2.24) is 20.3 Å². The molecule has 2 heterocycles. The Kier molecular flexibility index (Phi) is 2.36. The number of nitrogens with one attached hydrogen (secondary N) is 3. The fourth-order valence-corrected chi connectivity index (χ4v) is 1.40. The van der Waals surface area contributed by atoms with Crippen LogP contribution in [0.3, 0.4) is 0 Å². The van der Waals surface area contributed by atoms with E-state index in [1.807, 2.05) is 31.7 Å². The van der Waals surface area contributed by atoms with Crippen molar-refractivity contribution in [3.8, 4) is 11.3 Å². The number of aromatic nitrogens is 3. The normalized spacial score (nSPS) is 11.9. The lowest BCUT2D eigenvalue weighted by Gasteiger charge is -2.20. The number of H-pyrrole nitrogens is 2. The molecule has 4 heteroatoms. The van der Waals surface area contributed by atoms with Crippen molar-refractivity contribution in [2.45, 2.75) is 19.4 Å². The quantitative estimate of drug-likeness (QED) is 0.714. The van der Waals surface area contributed by atoms with Crippen LogP contribution in [0.1, 0.15) is 19.7 Å². The van der Waals surface area contributed by atoms with Crippen LogP contribution in [-0.2, 0) is 5.54 Å². The summed E-state index contributed by atoms with van der Waals surface area (Å²) in [6.45, 7) is 4.18. The molecule has 3 N–H and O–H groups in total. The first-order chi connectivity index (χ1) is 7.13. The number of nitrogens with zero attached hydrogens (tertiary/aromatic N) is 1. The van der Waals surface area contributed by atoms with E-state index in [1.165, 1.54) is 0 Å². The van der Waals surface area contributed by atoms with E-state index in [0.29, 0.717) is 0 Å². The first kappa shape index (κ1) is 9.98. The summed E-state index contributed by atoms with van der Waals surface area (Å²) >= 11 is 0. The maximum atomic E-state index is 4.38. The molecule has 0 saturated carbocycles. The van der Waals surface area contributed by atoms with Gasteiger partial charge in [-0.15, -0.1) is 0 Å². The summed E-state index contributed by atoms with van der Waals surface area (Å²) < 4.78 is 0. The Morgan fingerprint density at radius 1 is 1.40 bits per heavy atom. The molecule has 0 unspecified atom stereocenters. The molecule has 0 aromatic carbocycles. The zero-order valence-corrected chi connectivity index (χ0v) is 9.26. The summed E-state index contributed by atoms with van der Waals surface area (Å²) in [6, 6.07) is 2.02. The standard InChI is InChI=1S/C11H16N4/c1-11(2,12-3)10-14-7-9(15-10)8-4-5-13-6-8/h4-7,12-13H,1-3H3,(H,14,15). The van der Waals surface area contributed by atoms with E-state index < -0.39 is 0 Å². The summed E-state index contributed by atoms with van der Waals surface area (Å²) in [5.41, 5.74) is 2.03. The highest BCUT2D eigenvalue weighted by atomic mass is 15.0. The Morgan fingerprint density at radius 2 is 2.20 bits per heavy atom. The predicted molar refractivity (Wildman–Crippen MR) is 60.5 cm³/mol. The van der Waals surface area contributed by atoms with Gasteiger partial charge in [0.2, 0.25) is 0 Å². The lowest BCUT2D eigenvalue weighted by Crippen LogP contribution is -2.34. The third-order valence-electron chi connectivity index (χ3n) is 2.70. The third-order valence-corrected chi connectivity index (χ3v) is 2.70. The lowest BCUT2D eigenvalue weighted by molar-refractivity contribution is 0.421. The van der Waals surface area contributed by atoms with Gasteiger partial charge in [0.1, 0.15) is 5.82 Å². The summed E-state index contributed by atoms with van der Waals surface area (Å²) in [4.78, 5) is 10.7. The maximum Gasteiger partial charge on any atom is 0.126 e. The molecule has 2 rings (SSSR count). The molecule has 80 valence electrons. The highest BCUT2D eigenvalue weighted by Crippen LogP contribution is 2.21. The van der Waals surface area contributed by atoms with Gasteiger partial charge in [-0.3, -0.25) is 0 Å². The molecule has 0 saturated heterocycles. The zero-order valence-electron chi connectivity index (χ0n) is 9.26. The van der Waals surface area contributed by atoms with Crippen molar-refractivity contribution in [3.63, 3.8) is 0 Å². The third kappa shape index (κ3) is 1.80. The molecule has 0 aliphatic heterocycles. The van der Waals surface area contributed by atoms with E-state index in [1.54, 1.807) is 0 Å². The zero-order chi connectivity index (χ0) is 10.9. The minimum absolute atomic E-state index is 0.130. The summed E-state index contributed by atoms with van der Waals surface area (Å²) in [7, 11) is 1.93. The van der Waals surface area contributed by atoms with Crippen LogP contribution < -0.4 is 5.32 Å². The fourth-order valence-electron chi connectivity index (χ4n) is 1.40. The van der Waals surface area contributed by atoms with Gasteiger partial charge in [0.15, 0.2) is 0 Å². The number of hydrogen-bond acceptors (Lipinski definition) is 2. The molecule has 0 fully saturated rings. The van der Waals surface area contributed by atoms with Crippen LogP contribution >= 0.6 is 0 Å². The monoisotopic (exact) mass is 204 g/mol. The second kappa shape index (κ2) is 3.55. The van der Waals surface area contributed by atoms with Crippen LogP contribution in [0.15, 0.2) is 24.7 Å². The molecule has 4 nitrogen and oxygen atoms in total. The van der Waals surface area contributed by atoms with Gasteiger partial charge in [-0.25, -0.2) is 4.98 Å². The minimum atomic E-state index is -0.130. The lowest BCUT2D eigenvalue weighted by atomic mass is 10.1. The van der Waals surface area contributed by atoms with Crippen molar-refractivity contribution >= 4 is 0 Å². The van der Waals surface area contributed by atoms with Gasteiger partial charge in [0, 0.05) is 18.0 Å². The Labute approximate surface area is 89.1 Å². The van der Waals surface area contributed by atoms with Crippen LogP contribution in [0.5, 0.6) is 0 Å². The SMILES string of the molecule is CNC(C)(C)c1ncc(-c2cc[nH]c2)[nH]1. The van der Waals surface area contributed by atoms with Crippen LogP contribution in [-0.4, -0.2) is 22.0 Å². The van der Waals surface area contributed by atoms with Crippen molar-refractivity contribution in [1.29, 1.82) is 0 Å². The van der Waals surface area contributed by atoms with Crippen LogP contribution in [0.25, 0.3) is 11.3 Å². The first-order valence-corrected chi connectivity index (χ1v) is 5.01. The Morgan fingerprint density at radius 3 is 2.80 bits per heavy atom. The molecule has 0 amide bonds. The van der Waals surface area contributed by atoms with Gasteiger partial charge < -0.3 is 15.3 Å². The van der Waals surface area contributed by atoms with Gasteiger partial charge in [0.05, 0.1) is 17.4 Å². The topological polar surface area (TPSA) is 56.5 Å². The van der Waals surface area contributed by atoms with Gasteiger partial charge in [-0.2, -0.15) is 0 Å². The average molecular weight is 204 g/mol. The molecule has 0 bridgehead atoms. The van der Waals surface area contributed by atoms with Crippen LogP contribution in [0, 0.1) is 0 Å². The fraction of sp³-hybridized carbons (Fsp3) is 0.364. The second-order valence-electron chi connectivity index (χ2n) is 4.12. The van der Waals surface area contributed by atoms with Crippen LogP contribution in [0.4, 0.5) is 0 Å². The van der Waals surface area contributed by atoms with E-state index in [0.717, 1.165) is 17.1 Å². The minimum Gasteiger partial charge on any atom is -0.367 e. The average Bonchev–Trinajstić information content (AvgIpc) is 2.88. The number of aromatic amines is 2. The van der Waals surface area contributed by atoms with Crippen molar-refractivity contribution in [2.75, 3.05) is 7.05 Å². The van der Waals surface area contributed by atoms with E-state index in [9.17, 15) is 0 Å². The van der Waals surface area contributed by atoms with E-state index in [4.69, 9.17) is 0 Å². The van der Waals surface area contributed by atoms with E-state index >= 15 is 0 Å². The molecule has 0 spiro atoms. The molecule has 2 aromatic rings. The maximum absolute atomic E-state index is 4.38. The summed E-state index contributed by atoms with van der Waals surface area (Å²) in [5, 5.41) is 3.21. The molecule has 15 heavy (non-hydrogen) atoms. The molecule has 0 atom stereocenters. The Hall–Kier alpha value is -1.55. The second-order valence-corrected chi connectivity index (χ2v) is 4.12. The molecule has 0 radical (unpaired) electrons. The van der Waals surface area contributed by atoms with Gasteiger partial charge in [-0.05, 0) is 27.0 Å². The highest BCUT2D eigenvalue weighted by Gasteiger charge is 2.21. The number of hydrogen-bond donors (Lipinski definition) is 3.